The van der Waals surface area contributed by atoms with E-state index >= 15 is 0 Å². The zero-order valence-electron chi connectivity index (χ0n) is 11.5. The zero-order valence-corrected chi connectivity index (χ0v) is 13.1. The Morgan fingerprint density at radius 2 is 2.17 bits per heavy atom. The van der Waals surface area contributed by atoms with Gasteiger partial charge in [0.15, 0.2) is 0 Å². The predicted octanol–water partition coefficient (Wildman–Crippen LogP) is 3.97. The van der Waals surface area contributed by atoms with Gasteiger partial charge in [-0.25, -0.2) is 0 Å². The van der Waals surface area contributed by atoms with Gasteiger partial charge in [0.1, 0.15) is 0 Å². The fraction of sp³-hybridized carbons (Fsp3) is 0.600. The maximum absolute atomic E-state index is 3.59. The summed E-state index contributed by atoms with van der Waals surface area (Å²) < 4.78 is 1.16. The minimum atomic E-state index is 0.403. The van der Waals surface area contributed by atoms with E-state index in [1.807, 2.05) is 0 Å². The molecule has 1 fully saturated rings. The molecule has 100 valence electrons. The summed E-state index contributed by atoms with van der Waals surface area (Å²) in [4.78, 5) is 2.41. The molecule has 0 saturated heterocycles. The van der Waals surface area contributed by atoms with Gasteiger partial charge in [-0.3, -0.25) is 0 Å². The molecule has 0 heterocycles. The number of nitrogens with zero attached hydrogens (tertiary/aromatic N) is 1. The van der Waals surface area contributed by atoms with E-state index in [1.165, 1.54) is 30.6 Å². The maximum atomic E-state index is 3.59. The Bertz CT molecular complexity index is 401. The lowest BCUT2D eigenvalue weighted by atomic mass is 10.0. The number of benzene rings is 1. The van der Waals surface area contributed by atoms with Gasteiger partial charge in [0, 0.05) is 29.8 Å². The van der Waals surface area contributed by atoms with Crippen molar-refractivity contribution in [3.8, 4) is 0 Å². The van der Waals surface area contributed by atoms with Crippen molar-refractivity contribution < 1.29 is 0 Å². The molecular formula is C15H23BrN2. The first-order chi connectivity index (χ1) is 8.61. The normalized spacial score (nSPS) is 16.7. The van der Waals surface area contributed by atoms with Crippen LogP contribution in [0.15, 0.2) is 22.7 Å². The van der Waals surface area contributed by atoms with Crippen LogP contribution in [-0.4, -0.2) is 20.1 Å². The number of anilines is 1. The van der Waals surface area contributed by atoms with Crippen molar-refractivity contribution in [2.45, 2.75) is 32.7 Å². The van der Waals surface area contributed by atoms with Gasteiger partial charge in [0.2, 0.25) is 0 Å². The molecular weight excluding hydrogens is 288 g/mol. The lowest BCUT2D eigenvalue weighted by molar-refractivity contribution is 0.596. The summed E-state index contributed by atoms with van der Waals surface area (Å²) in [5.74, 6) is 0.913. The van der Waals surface area contributed by atoms with Crippen molar-refractivity contribution in [3.63, 3.8) is 0 Å². The average molecular weight is 311 g/mol. The quantitative estimate of drug-likeness (QED) is 0.855. The molecule has 18 heavy (non-hydrogen) atoms. The van der Waals surface area contributed by atoms with Gasteiger partial charge in [0.25, 0.3) is 0 Å². The molecule has 2 rings (SSSR count). The highest BCUT2D eigenvalue weighted by Crippen LogP contribution is 2.34. The lowest BCUT2D eigenvalue weighted by Crippen LogP contribution is -2.25. The third kappa shape index (κ3) is 3.48. The highest BCUT2D eigenvalue weighted by Gasteiger charge is 2.24. The summed E-state index contributed by atoms with van der Waals surface area (Å²) >= 11 is 3.59. The maximum Gasteiger partial charge on any atom is 0.0423 e. The standard InChI is InChI=1S/C15H23BrN2/c1-4-17-11(2)14-8-7-13(16)9-15(14)18(3)10-12-5-6-12/h7-9,11-12,17H,4-6,10H2,1-3H3. The van der Waals surface area contributed by atoms with Crippen LogP contribution in [0.25, 0.3) is 0 Å². The molecule has 1 aromatic carbocycles. The molecule has 1 atom stereocenters. The molecule has 1 aliphatic rings. The fourth-order valence-corrected chi connectivity index (χ4v) is 2.76. The molecule has 1 saturated carbocycles. The van der Waals surface area contributed by atoms with Crippen LogP contribution in [0.1, 0.15) is 38.3 Å². The summed E-state index contributed by atoms with van der Waals surface area (Å²) in [6, 6.07) is 7.01. The Kier molecular flexibility index (Phi) is 4.68. The van der Waals surface area contributed by atoms with Gasteiger partial charge < -0.3 is 10.2 Å². The lowest BCUT2D eigenvalue weighted by Gasteiger charge is -2.26. The fourth-order valence-electron chi connectivity index (χ4n) is 2.42. The Morgan fingerprint density at radius 3 is 2.78 bits per heavy atom. The smallest absolute Gasteiger partial charge is 0.0423 e. The number of nitrogens with one attached hydrogen (secondary N) is 1. The number of hydrogen-bond acceptors (Lipinski definition) is 2. The van der Waals surface area contributed by atoms with Gasteiger partial charge in [-0.05, 0) is 49.9 Å². The second-order valence-electron chi connectivity index (χ2n) is 5.31. The van der Waals surface area contributed by atoms with Crippen LogP contribution in [0.3, 0.4) is 0 Å². The second kappa shape index (κ2) is 6.07. The first-order valence-electron chi connectivity index (χ1n) is 6.85. The third-order valence-electron chi connectivity index (χ3n) is 3.61. The van der Waals surface area contributed by atoms with E-state index in [9.17, 15) is 0 Å². The van der Waals surface area contributed by atoms with E-state index in [0.29, 0.717) is 6.04 Å². The molecule has 1 aromatic rings. The van der Waals surface area contributed by atoms with Gasteiger partial charge in [-0.15, -0.1) is 0 Å². The molecule has 0 amide bonds. The summed E-state index contributed by atoms with van der Waals surface area (Å²) in [7, 11) is 2.21. The number of hydrogen-bond donors (Lipinski definition) is 1. The minimum Gasteiger partial charge on any atom is -0.374 e. The summed E-state index contributed by atoms with van der Waals surface area (Å²) in [6.45, 7) is 6.58. The average Bonchev–Trinajstić information content (AvgIpc) is 3.13. The van der Waals surface area contributed by atoms with Crippen molar-refractivity contribution in [2.24, 2.45) is 5.92 Å². The van der Waals surface area contributed by atoms with Crippen LogP contribution in [0.4, 0.5) is 5.69 Å². The first-order valence-corrected chi connectivity index (χ1v) is 7.65. The van der Waals surface area contributed by atoms with Crippen LogP contribution < -0.4 is 10.2 Å². The summed E-state index contributed by atoms with van der Waals surface area (Å²) in [5, 5.41) is 3.50. The molecule has 3 heteroatoms. The largest absolute Gasteiger partial charge is 0.374 e. The number of rotatable bonds is 6. The molecule has 2 nitrogen and oxygen atoms in total. The molecule has 1 N–H and O–H groups in total. The Balaban J connectivity index is 2.21. The predicted molar refractivity (Wildman–Crippen MR) is 82.2 cm³/mol. The van der Waals surface area contributed by atoms with Crippen LogP contribution in [0, 0.1) is 5.92 Å². The Labute approximate surface area is 119 Å². The van der Waals surface area contributed by atoms with Crippen molar-refractivity contribution in [3.05, 3.63) is 28.2 Å². The van der Waals surface area contributed by atoms with Crippen LogP contribution >= 0.6 is 15.9 Å². The Morgan fingerprint density at radius 1 is 1.44 bits per heavy atom. The molecule has 0 bridgehead atoms. The van der Waals surface area contributed by atoms with Crippen molar-refractivity contribution in [1.29, 1.82) is 0 Å². The number of halogens is 1. The Hall–Kier alpha value is -0.540. The van der Waals surface area contributed by atoms with Crippen molar-refractivity contribution in [2.75, 3.05) is 25.0 Å². The van der Waals surface area contributed by atoms with E-state index in [2.05, 4.69) is 65.2 Å². The molecule has 0 aromatic heterocycles. The zero-order chi connectivity index (χ0) is 13.1. The van der Waals surface area contributed by atoms with Crippen LogP contribution in [0.2, 0.25) is 0 Å². The first kappa shape index (κ1) is 13.9. The highest BCUT2D eigenvalue weighted by atomic mass is 79.9. The summed E-state index contributed by atoms with van der Waals surface area (Å²) in [5.41, 5.74) is 2.74. The monoisotopic (exact) mass is 310 g/mol. The van der Waals surface area contributed by atoms with Gasteiger partial charge in [0.05, 0.1) is 0 Å². The minimum absolute atomic E-state index is 0.403. The molecule has 1 aliphatic carbocycles. The highest BCUT2D eigenvalue weighted by molar-refractivity contribution is 9.10. The van der Waals surface area contributed by atoms with E-state index in [-0.39, 0.29) is 0 Å². The van der Waals surface area contributed by atoms with E-state index in [4.69, 9.17) is 0 Å². The van der Waals surface area contributed by atoms with E-state index in [0.717, 1.165) is 16.9 Å². The van der Waals surface area contributed by atoms with Crippen LogP contribution in [-0.2, 0) is 0 Å². The van der Waals surface area contributed by atoms with Gasteiger partial charge >= 0.3 is 0 Å². The topological polar surface area (TPSA) is 15.3 Å². The van der Waals surface area contributed by atoms with Crippen molar-refractivity contribution in [1.82, 2.24) is 5.32 Å². The SMILES string of the molecule is CCNC(C)c1ccc(Br)cc1N(C)CC1CC1. The molecule has 0 spiro atoms. The van der Waals surface area contributed by atoms with Crippen molar-refractivity contribution >= 4 is 21.6 Å². The van der Waals surface area contributed by atoms with Gasteiger partial charge in [-0.2, -0.15) is 0 Å². The van der Waals surface area contributed by atoms with E-state index in [1.54, 1.807) is 0 Å². The molecule has 0 radical (unpaired) electrons. The molecule has 1 unspecified atom stereocenters. The second-order valence-corrected chi connectivity index (χ2v) is 6.22. The van der Waals surface area contributed by atoms with E-state index < -0.39 is 0 Å². The van der Waals surface area contributed by atoms with Gasteiger partial charge in [-0.1, -0.05) is 28.9 Å². The third-order valence-corrected chi connectivity index (χ3v) is 4.10. The van der Waals surface area contributed by atoms with Crippen LogP contribution in [0.5, 0.6) is 0 Å². The molecule has 0 aliphatic heterocycles. The summed E-state index contributed by atoms with van der Waals surface area (Å²) in [6.07, 6.45) is 2.80.